The summed E-state index contributed by atoms with van der Waals surface area (Å²) in [5.74, 6) is 0.227. The smallest absolute Gasteiger partial charge is 0.410 e. The van der Waals surface area contributed by atoms with Crippen LogP contribution < -0.4 is 5.32 Å². The number of methoxy groups -OCH3 is 1. The van der Waals surface area contributed by atoms with Crippen LogP contribution in [0.2, 0.25) is 0 Å². The molecule has 0 unspecified atom stereocenters. The Balaban J connectivity index is 1.95. The first kappa shape index (κ1) is 22.9. The molecule has 2 atom stereocenters. The van der Waals surface area contributed by atoms with Crippen molar-refractivity contribution in [1.82, 2.24) is 25.1 Å². The minimum Gasteiger partial charge on any atom is -0.444 e. The van der Waals surface area contributed by atoms with Crippen molar-refractivity contribution in [2.75, 3.05) is 25.5 Å². The number of aryl methyl sites for hydroxylation is 1. The first-order valence-electron chi connectivity index (χ1n) is 9.48. The predicted octanol–water partition coefficient (Wildman–Crippen LogP) is 2.59. The summed E-state index contributed by atoms with van der Waals surface area (Å²) in [4.78, 5) is 26.6. The second-order valence-electron chi connectivity index (χ2n) is 8.12. The van der Waals surface area contributed by atoms with Gasteiger partial charge in [-0.3, -0.25) is 10.1 Å². The molecule has 1 aliphatic heterocycles. The Kier molecular flexibility index (Phi) is 6.46. The van der Waals surface area contributed by atoms with E-state index in [0.717, 1.165) is 0 Å². The fourth-order valence-electron chi connectivity index (χ4n) is 3.27. The lowest BCUT2D eigenvalue weighted by molar-refractivity contribution is -0.384. The molecule has 1 amide bonds. The van der Waals surface area contributed by atoms with Crippen molar-refractivity contribution in [3.05, 3.63) is 26.7 Å². The van der Waals surface area contributed by atoms with Gasteiger partial charge in [0.1, 0.15) is 11.3 Å². The van der Waals surface area contributed by atoms with Crippen LogP contribution in [0.25, 0.3) is 11.4 Å². The molecule has 1 aromatic carbocycles. The van der Waals surface area contributed by atoms with Crippen LogP contribution in [-0.2, 0) is 16.5 Å². The van der Waals surface area contributed by atoms with Crippen LogP contribution in [0.3, 0.4) is 0 Å². The molecule has 0 saturated carbocycles. The van der Waals surface area contributed by atoms with Crippen molar-refractivity contribution in [2.24, 2.45) is 7.05 Å². The van der Waals surface area contributed by atoms with Crippen molar-refractivity contribution < 1.29 is 19.2 Å². The van der Waals surface area contributed by atoms with Crippen LogP contribution in [0.4, 0.5) is 16.2 Å². The summed E-state index contributed by atoms with van der Waals surface area (Å²) in [5.41, 5.74) is -0.179. The van der Waals surface area contributed by atoms with Gasteiger partial charge in [-0.15, -0.1) is 10.2 Å². The van der Waals surface area contributed by atoms with E-state index in [1.807, 2.05) is 0 Å². The van der Waals surface area contributed by atoms with Gasteiger partial charge in [0.25, 0.3) is 5.69 Å². The number of carbonyl (C=O) groups excluding carboxylic acids is 1. The molecule has 1 fully saturated rings. The third-order valence-electron chi connectivity index (χ3n) is 4.58. The molecule has 0 bridgehead atoms. The number of nitrogens with one attached hydrogen (secondary N) is 1. The minimum atomic E-state index is -0.638. The van der Waals surface area contributed by atoms with E-state index in [1.165, 1.54) is 22.9 Å². The number of nitrogens with zero attached hydrogens (tertiary/aromatic N) is 6. The molecular weight excluding hydrogens is 474 g/mol. The number of tetrazole rings is 1. The number of anilines is 1. The van der Waals surface area contributed by atoms with Crippen molar-refractivity contribution in [1.29, 1.82) is 0 Å². The summed E-state index contributed by atoms with van der Waals surface area (Å²) in [6, 6.07) is 2.65. The molecule has 2 aromatic rings. The lowest BCUT2D eigenvalue weighted by Crippen LogP contribution is -2.36. The number of likely N-dealkylation sites (tertiary alicyclic amines) is 1. The third kappa shape index (κ3) is 5.28. The minimum absolute atomic E-state index is 0.164. The van der Waals surface area contributed by atoms with Crippen molar-refractivity contribution >= 4 is 33.4 Å². The van der Waals surface area contributed by atoms with Gasteiger partial charge < -0.3 is 19.7 Å². The molecule has 3 rings (SSSR count). The van der Waals surface area contributed by atoms with Gasteiger partial charge in [0.2, 0.25) is 5.82 Å². The second-order valence-corrected chi connectivity index (χ2v) is 9.03. The number of rotatable bonds is 5. The molecule has 2 heterocycles. The predicted molar refractivity (Wildman–Crippen MR) is 115 cm³/mol. The Bertz CT molecular complexity index is 990. The monoisotopic (exact) mass is 497 g/mol. The quantitative estimate of drug-likeness (QED) is 0.487. The summed E-state index contributed by atoms with van der Waals surface area (Å²) in [7, 11) is 3.13. The van der Waals surface area contributed by atoms with Gasteiger partial charge in [-0.2, -0.15) is 4.80 Å². The topological polar surface area (TPSA) is 138 Å². The number of carbonyl (C=O) groups is 1. The van der Waals surface area contributed by atoms with Crippen molar-refractivity contribution in [2.45, 2.75) is 38.5 Å². The first-order valence-corrected chi connectivity index (χ1v) is 10.3. The SMILES string of the molecule is CO[C@H]1CN(C(=O)OC(C)(C)C)C[C@@H]1Nc1c(-c2nnn(C)n2)cc(Br)cc1[N+](=O)[O-]. The third-order valence-corrected chi connectivity index (χ3v) is 5.04. The van der Waals surface area contributed by atoms with Gasteiger partial charge in [0.15, 0.2) is 0 Å². The van der Waals surface area contributed by atoms with Gasteiger partial charge in [-0.25, -0.2) is 4.79 Å². The van der Waals surface area contributed by atoms with Crippen LogP contribution in [0.5, 0.6) is 0 Å². The number of ether oxygens (including phenoxy) is 2. The first-order chi connectivity index (χ1) is 14.5. The van der Waals surface area contributed by atoms with E-state index in [-0.39, 0.29) is 30.3 Å². The van der Waals surface area contributed by atoms with E-state index < -0.39 is 28.8 Å². The van der Waals surface area contributed by atoms with Crippen LogP contribution >= 0.6 is 15.9 Å². The summed E-state index contributed by atoms with van der Waals surface area (Å²) < 4.78 is 11.5. The Labute approximate surface area is 187 Å². The maximum Gasteiger partial charge on any atom is 0.410 e. The van der Waals surface area contributed by atoms with Crippen molar-refractivity contribution in [3.63, 3.8) is 0 Å². The molecule has 1 aromatic heterocycles. The van der Waals surface area contributed by atoms with E-state index in [2.05, 4.69) is 36.7 Å². The molecule has 168 valence electrons. The number of nitro groups is 1. The highest BCUT2D eigenvalue weighted by atomic mass is 79.9. The summed E-state index contributed by atoms with van der Waals surface area (Å²) in [6.45, 7) is 5.89. The van der Waals surface area contributed by atoms with E-state index >= 15 is 0 Å². The van der Waals surface area contributed by atoms with E-state index in [9.17, 15) is 14.9 Å². The molecule has 0 spiro atoms. The lowest BCUT2D eigenvalue weighted by atomic mass is 10.1. The second kappa shape index (κ2) is 8.75. The average molecular weight is 498 g/mol. The van der Waals surface area contributed by atoms with Crippen LogP contribution in [0.15, 0.2) is 16.6 Å². The molecule has 12 nitrogen and oxygen atoms in total. The van der Waals surface area contributed by atoms with Gasteiger partial charge in [-0.1, -0.05) is 15.9 Å². The number of amides is 1. The molecular formula is C18H24BrN7O5. The Morgan fingerprint density at radius 1 is 1.35 bits per heavy atom. The molecule has 13 heteroatoms. The number of hydrogen-bond acceptors (Lipinski definition) is 9. The zero-order chi connectivity index (χ0) is 22.9. The number of benzene rings is 1. The van der Waals surface area contributed by atoms with Gasteiger partial charge in [0.05, 0.1) is 36.2 Å². The fourth-order valence-corrected chi connectivity index (χ4v) is 3.71. The average Bonchev–Trinajstić information content (AvgIpc) is 3.27. The molecule has 1 saturated heterocycles. The molecule has 0 aliphatic carbocycles. The molecule has 31 heavy (non-hydrogen) atoms. The van der Waals surface area contributed by atoms with Gasteiger partial charge in [-0.05, 0) is 32.1 Å². The van der Waals surface area contributed by atoms with E-state index in [4.69, 9.17) is 9.47 Å². The molecule has 0 radical (unpaired) electrons. The Hall–Kier alpha value is -2.80. The summed E-state index contributed by atoms with van der Waals surface area (Å²) >= 11 is 3.31. The highest BCUT2D eigenvalue weighted by Gasteiger charge is 2.39. The fraction of sp³-hybridized carbons (Fsp3) is 0.556. The Morgan fingerprint density at radius 3 is 2.61 bits per heavy atom. The molecule has 1 N–H and O–H groups in total. The maximum atomic E-state index is 12.5. The highest BCUT2D eigenvalue weighted by molar-refractivity contribution is 9.10. The Morgan fingerprint density at radius 2 is 2.06 bits per heavy atom. The maximum absolute atomic E-state index is 12.5. The van der Waals surface area contributed by atoms with Gasteiger partial charge >= 0.3 is 6.09 Å². The number of hydrogen-bond donors (Lipinski definition) is 1. The highest BCUT2D eigenvalue weighted by Crippen LogP contribution is 2.38. The summed E-state index contributed by atoms with van der Waals surface area (Å²) in [5, 5.41) is 27.0. The zero-order valence-corrected chi connectivity index (χ0v) is 19.4. The van der Waals surface area contributed by atoms with Gasteiger partial charge in [0, 0.05) is 24.2 Å². The van der Waals surface area contributed by atoms with Crippen LogP contribution in [0, 0.1) is 10.1 Å². The van der Waals surface area contributed by atoms with Crippen LogP contribution in [-0.4, -0.2) is 74.1 Å². The standard InChI is InChI=1S/C18H24BrN7O5/c1-18(2,3)31-17(27)25-8-12(14(9-25)30-5)20-15-11(16-21-23-24(4)22-16)6-10(19)7-13(15)26(28)29/h6-7,12,14,20H,8-9H2,1-5H3/t12-,14-/m0/s1. The zero-order valence-electron chi connectivity index (χ0n) is 17.8. The van der Waals surface area contributed by atoms with E-state index in [0.29, 0.717) is 10.0 Å². The van der Waals surface area contributed by atoms with E-state index in [1.54, 1.807) is 33.9 Å². The largest absolute Gasteiger partial charge is 0.444 e. The molecule has 1 aliphatic rings. The van der Waals surface area contributed by atoms with Crippen LogP contribution in [0.1, 0.15) is 20.8 Å². The summed E-state index contributed by atoms with van der Waals surface area (Å²) in [6.07, 6.45) is -0.876. The number of nitro benzene ring substituents is 1. The van der Waals surface area contributed by atoms with Crippen molar-refractivity contribution in [3.8, 4) is 11.4 Å². The number of aromatic nitrogens is 4. The lowest BCUT2D eigenvalue weighted by Gasteiger charge is -2.24. The normalized spacial score (nSPS) is 18.8. The number of halogens is 1.